The molecule has 0 aliphatic heterocycles. The van der Waals surface area contributed by atoms with E-state index in [1.165, 1.54) is 28.7 Å². The Morgan fingerprint density at radius 2 is 1.00 bits per heavy atom. The second kappa shape index (κ2) is 7.71. The molecule has 0 saturated carbocycles. The molecule has 0 unspecified atom stereocenters. The fourth-order valence-electron chi connectivity index (χ4n) is 1.82. The molecule has 96 valence electrons. The first-order valence-electron chi connectivity index (χ1n) is 6.78. The molecule has 2 aromatic rings. The molecule has 0 radical (unpaired) electrons. The lowest BCUT2D eigenvalue weighted by molar-refractivity contribution is 1.09. The lowest BCUT2D eigenvalue weighted by atomic mass is 9.98. The summed E-state index contributed by atoms with van der Waals surface area (Å²) < 4.78 is 0. The van der Waals surface area contributed by atoms with Gasteiger partial charge in [0.2, 0.25) is 0 Å². The van der Waals surface area contributed by atoms with Crippen LogP contribution in [-0.4, -0.2) is 0 Å². The first-order chi connectivity index (χ1) is 8.69. The summed E-state index contributed by atoms with van der Waals surface area (Å²) in [5.74, 6) is 0. The van der Waals surface area contributed by atoms with Crippen molar-refractivity contribution in [2.75, 3.05) is 0 Å². The van der Waals surface area contributed by atoms with Crippen LogP contribution in [0.4, 0.5) is 0 Å². The second-order valence-corrected chi connectivity index (χ2v) is 4.74. The lowest BCUT2D eigenvalue weighted by Crippen LogP contribution is -1.93. The Morgan fingerprint density at radius 3 is 1.33 bits per heavy atom. The van der Waals surface area contributed by atoms with Crippen LogP contribution >= 0.6 is 0 Å². The van der Waals surface area contributed by atoms with Gasteiger partial charge in [-0.15, -0.1) is 0 Å². The number of rotatable bonds is 2. The van der Waals surface area contributed by atoms with Crippen LogP contribution in [-0.2, 0) is 6.42 Å². The summed E-state index contributed by atoms with van der Waals surface area (Å²) in [5, 5.41) is 0. The lowest BCUT2D eigenvalue weighted by Gasteiger charge is -2.07. The molecular weight excluding hydrogens is 216 g/mol. The summed E-state index contributed by atoms with van der Waals surface area (Å²) in [7, 11) is 0. The minimum absolute atomic E-state index is 1.04. The molecule has 0 heterocycles. The van der Waals surface area contributed by atoms with Crippen molar-refractivity contribution in [1.29, 1.82) is 0 Å². The normalized spacial score (nSPS) is 9.56. The van der Waals surface area contributed by atoms with Crippen molar-refractivity contribution in [2.24, 2.45) is 0 Å². The maximum Gasteiger partial charge on any atom is -0.00205 e. The minimum atomic E-state index is 1.04. The quantitative estimate of drug-likeness (QED) is 0.667. The van der Waals surface area contributed by atoms with Gasteiger partial charge >= 0.3 is 0 Å². The van der Waals surface area contributed by atoms with Crippen molar-refractivity contribution >= 4 is 0 Å². The smallest absolute Gasteiger partial charge is 0.00205 e. The highest BCUT2D eigenvalue weighted by Crippen LogP contribution is 2.16. The molecule has 2 aromatic carbocycles. The van der Waals surface area contributed by atoms with Crippen LogP contribution < -0.4 is 0 Å². The third-order valence-corrected chi connectivity index (χ3v) is 2.90. The molecule has 0 spiro atoms. The van der Waals surface area contributed by atoms with E-state index in [0.29, 0.717) is 0 Å². The van der Waals surface area contributed by atoms with Crippen LogP contribution in [0.15, 0.2) is 48.5 Å². The average molecular weight is 240 g/mol. The first-order valence-corrected chi connectivity index (χ1v) is 6.78. The molecule has 2 rings (SSSR count). The zero-order chi connectivity index (χ0) is 13.4. The Labute approximate surface area is 112 Å². The molecule has 0 nitrogen and oxygen atoms in total. The maximum atomic E-state index is 2.21. The van der Waals surface area contributed by atoms with E-state index >= 15 is 0 Å². The van der Waals surface area contributed by atoms with E-state index in [9.17, 15) is 0 Å². The Hall–Kier alpha value is -1.56. The molecule has 0 fully saturated rings. The van der Waals surface area contributed by atoms with Crippen molar-refractivity contribution in [3.8, 4) is 0 Å². The summed E-state index contributed by atoms with van der Waals surface area (Å²) in [6, 6.07) is 17.2. The first kappa shape index (κ1) is 14.5. The molecule has 0 aliphatic rings. The van der Waals surface area contributed by atoms with Gasteiger partial charge in [0, 0.05) is 0 Å². The predicted octanol–water partition coefficient (Wildman–Crippen LogP) is 5.31. The summed E-state index contributed by atoms with van der Waals surface area (Å²) in [6.45, 7) is 8.60. The topological polar surface area (TPSA) is 0 Å². The summed E-state index contributed by atoms with van der Waals surface area (Å²) in [6.07, 6.45) is 2.29. The third-order valence-electron chi connectivity index (χ3n) is 2.90. The van der Waals surface area contributed by atoms with E-state index in [1.54, 1.807) is 0 Å². The van der Waals surface area contributed by atoms with E-state index in [0.717, 1.165) is 6.42 Å². The van der Waals surface area contributed by atoms with Crippen LogP contribution in [0.1, 0.15) is 42.5 Å². The zero-order valence-corrected chi connectivity index (χ0v) is 12.0. The van der Waals surface area contributed by atoms with Crippen LogP contribution in [0.3, 0.4) is 0 Å². The van der Waals surface area contributed by atoms with Gasteiger partial charge < -0.3 is 0 Å². The highest BCUT2D eigenvalue weighted by Gasteiger charge is 2.01. The summed E-state index contributed by atoms with van der Waals surface area (Å²) >= 11 is 0. The van der Waals surface area contributed by atoms with Crippen molar-refractivity contribution < 1.29 is 0 Å². The van der Waals surface area contributed by atoms with Gasteiger partial charge in [0.05, 0.1) is 0 Å². The molecule has 0 atom stereocenters. The SMILES string of the molecule is CCC.Cc1ccccc1Cc1ccccc1C. The van der Waals surface area contributed by atoms with Crippen molar-refractivity contribution in [3.63, 3.8) is 0 Å². The Balaban J connectivity index is 0.000000492. The number of hydrogen-bond acceptors (Lipinski definition) is 0. The van der Waals surface area contributed by atoms with Crippen LogP contribution in [0.5, 0.6) is 0 Å². The third kappa shape index (κ3) is 4.37. The van der Waals surface area contributed by atoms with Gasteiger partial charge in [0.25, 0.3) is 0 Å². The van der Waals surface area contributed by atoms with Crippen LogP contribution in [0, 0.1) is 13.8 Å². The van der Waals surface area contributed by atoms with Crippen molar-refractivity contribution in [3.05, 3.63) is 70.8 Å². The number of aryl methyl sites for hydroxylation is 2. The van der Waals surface area contributed by atoms with E-state index in [1.807, 2.05) is 0 Å². The van der Waals surface area contributed by atoms with Crippen LogP contribution in [0.25, 0.3) is 0 Å². The summed E-state index contributed by atoms with van der Waals surface area (Å²) in [4.78, 5) is 0. The van der Waals surface area contributed by atoms with Gasteiger partial charge in [-0.3, -0.25) is 0 Å². The Kier molecular flexibility index (Phi) is 6.21. The Morgan fingerprint density at radius 1 is 0.667 bits per heavy atom. The molecule has 0 aromatic heterocycles. The molecule has 0 saturated heterocycles. The molecule has 0 heteroatoms. The highest BCUT2D eigenvalue weighted by atomic mass is 14.1. The summed E-state index contributed by atoms with van der Waals surface area (Å²) in [5.41, 5.74) is 5.60. The van der Waals surface area contributed by atoms with Gasteiger partial charge in [-0.1, -0.05) is 68.8 Å². The highest BCUT2D eigenvalue weighted by molar-refractivity contribution is 5.35. The molecule has 0 amide bonds. The fraction of sp³-hybridized carbons (Fsp3) is 0.333. The monoisotopic (exact) mass is 240 g/mol. The van der Waals surface area contributed by atoms with E-state index in [-0.39, 0.29) is 0 Å². The average Bonchev–Trinajstić information content (AvgIpc) is 2.36. The molecular formula is C18H24. The van der Waals surface area contributed by atoms with Crippen LogP contribution in [0.2, 0.25) is 0 Å². The zero-order valence-electron chi connectivity index (χ0n) is 12.0. The second-order valence-electron chi connectivity index (χ2n) is 4.74. The fourth-order valence-corrected chi connectivity index (χ4v) is 1.82. The standard InChI is InChI=1S/C15H16.C3H8/c1-12-7-3-5-9-14(12)11-15-10-6-4-8-13(15)2;1-3-2/h3-10H,11H2,1-2H3;3H2,1-2H3. The van der Waals surface area contributed by atoms with Gasteiger partial charge in [-0.25, -0.2) is 0 Å². The minimum Gasteiger partial charge on any atom is -0.0656 e. The molecule has 0 bridgehead atoms. The largest absolute Gasteiger partial charge is 0.0656 e. The van der Waals surface area contributed by atoms with E-state index in [4.69, 9.17) is 0 Å². The number of hydrogen-bond donors (Lipinski definition) is 0. The van der Waals surface area contributed by atoms with Crippen molar-refractivity contribution in [1.82, 2.24) is 0 Å². The molecule has 0 N–H and O–H groups in total. The molecule has 0 aliphatic carbocycles. The van der Waals surface area contributed by atoms with Gasteiger partial charge in [0.1, 0.15) is 0 Å². The van der Waals surface area contributed by atoms with Gasteiger partial charge in [-0.05, 0) is 42.5 Å². The Bertz CT molecular complexity index is 425. The predicted molar refractivity (Wildman–Crippen MR) is 81.1 cm³/mol. The maximum absolute atomic E-state index is 2.21. The molecule has 18 heavy (non-hydrogen) atoms. The van der Waals surface area contributed by atoms with E-state index < -0.39 is 0 Å². The van der Waals surface area contributed by atoms with Gasteiger partial charge in [-0.2, -0.15) is 0 Å². The number of benzene rings is 2. The van der Waals surface area contributed by atoms with E-state index in [2.05, 4.69) is 76.2 Å². The van der Waals surface area contributed by atoms with Gasteiger partial charge in [0.15, 0.2) is 0 Å². The van der Waals surface area contributed by atoms with Crippen molar-refractivity contribution in [2.45, 2.75) is 40.5 Å².